The fourth-order valence-corrected chi connectivity index (χ4v) is 5.02. The summed E-state index contributed by atoms with van der Waals surface area (Å²) in [6, 6.07) is 7.51. The van der Waals surface area contributed by atoms with E-state index in [1.54, 1.807) is 31.9 Å². The van der Waals surface area contributed by atoms with Gasteiger partial charge in [0.05, 0.1) is 43.1 Å². The van der Waals surface area contributed by atoms with Gasteiger partial charge in [-0.15, -0.1) is 0 Å². The van der Waals surface area contributed by atoms with Gasteiger partial charge in [-0.05, 0) is 57.4 Å². The minimum absolute atomic E-state index is 0.294. The van der Waals surface area contributed by atoms with E-state index >= 15 is 0 Å². The SMILES string of the molecule is COc1cnc(C)cc1-c1cc(C)ncc1C(=O)Nc1nc2ncc(-c3ccc(OC4CCC4)cn3)nc2s1. The summed E-state index contributed by atoms with van der Waals surface area (Å²) in [6.07, 6.45) is 10.2. The highest BCUT2D eigenvalue weighted by Gasteiger charge is 2.21. The topological polar surface area (TPSA) is 125 Å². The van der Waals surface area contributed by atoms with Crippen molar-refractivity contribution in [1.82, 2.24) is 29.9 Å². The zero-order chi connectivity index (χ0) is 26.9. The Morgan fingerprint density at radius 2 is 1.72 bits per heavy atom. The number of carbonyl (C=O) groups is 1. The lowest BCUT2D eigenvalue weighted by atomic mass is 9.96. The van der Waals surface area contributed by atoms with Crippen molar-refractivity contribution < 1.29 is 14.3 Å². The van der Waals surface area contributed by atoms with Crippen LogP contribution in [0.5, 0.6) is 11.5 Å². The summed E-state index contributed by atoms with van der Waals surface area (Å²) in [7, 11) is 1.58. The normalized spacial score (nSPS) is 13.2. The van der Waals surface area contributed by atoms with Crippen LogP contribution in [0.1, 0.15) is 41.0 Å². The molecule has 1 saturated carbocycles. The predicted molar refractivity (Wildman–Crippen MR) is 148 cm³/mol. The number of ether oxygens (including phenoxy) is 2. The largest absolute Gasteiger partial charge is 0.494 e. The number of anilines is 1. The van der Waals surface area contributed by atoms with Gasteiger partial charge in [-0.2, -0.15) is 4.98 Å². The standard InChI is InChI=1S/C28H25N7O3S/c1-15-9-19(20-10-16(2)30-14-24(20)37-3)21(12-29-15)26(36)35-28-34-25-27(39-28)33-23(13-32-25)22-8-7-18(11-31-22)38-17-5-4-6-17/h7-14,17H,4-6H2,1-3H3,(H,32,34,35,36). The van der Waals surface area contributed by atoms with Crippen LogP contribution >= 0.6 is 11.3 Å². The van der Waals surface area contributed by atoms with Crippen LogP contribution in [0.2, 0.25) is 0 Å². The number of aromatic nitrogens is 6. The van der Waals surface area contributed by atoms with Gasteiger partial charge in [0, 0.05) is 28.7 Å². The number of nitrogens with one attached hydrogen (secondary N) is 1. The molecule has 1 N–H and O–H groups in total. The van der Waals surface area contributed by atoms with Gasteiger partial charge in [0.2, 0.25) is 0 Å². The molecule has 6 rings (SSSR count). The highest BCUT2D eigenvalue weighted by Crippen LogP contribution is 2.34. The minimum Gasteiger partial charge on any atom is -0.494 e. The van der Waals surface area contributed by atoms with Crippen molar-refractivity contribution in [2.75, 3.05) is 12.4 Å². The number of nitrogens with zero attached hydrogens (tertiary/aromatic N) is 6. The lowest BCUT2D eigenvalue weighted by Gasteiger charge is -2.26. The molecule has 0 saturated heterocycles. The molecule has 5 aromatic rings. The number of carbonyl (C=O) groups excluding carboxylic acids is 1. The Morgan fingerprint density at radius 3 is 2.44 bits per heavy atom. The molecule has 1 aliphatic rings. The van der Waals surface area contributed by atoms with Gasteiger partial charge in [-0.3, -0.25) is 25.1 Å². The van der Waals surface area contributed by atoms with E-state index in [0.29, 0.717) is 50.0 Å². The molecule has 0 radical (unpaired) electrons. The van der Waals surface area contributed by atoms with E-state index in [2.05, 4.69) is 35.2 Å². The molecule has 5 aromatic heterocycles. The third-order valence-corrected chi connectivity index (χ3v) is 7.35. The number of hydrogen-bond acceptors (Lipinski definition) is 10. The zero-order valence-electron chi connectivity index (χ0n) is 21.6. The Bertz CT molecular complexity index is 1680. The number of methoxy groups -OCH3 is 1. The van der Waals surface area contributed by atoms with Gasteiger partial charge < -0.3 is 9.47 Å². The molecule has 10 nitrogen and oxygen atoms in total. The molecule has 39 heavy (non-hydrogen) atoms. The van der Waals surface area contributed by atoms with Gasteiger partial charge >= 0.3 is 0 Å². The lowest BCUT2D eigenvalue weighted by molar-refractivity contribution is 0.102. The number of hydrogen-bond donors (Lipinski definition) is 1. The number of thiazole rings is 1. The Balaban J connectivity index is 1.25. The molecule has 0 bridgehead atoms. The van der Waals surface area contributed by atoms with Crippen molar-refractivity contribution in [2.45, 2.75) is 39.2 Å². The molecule has 196 valence electrons. The fourth-order valence-electron chi connectivity index (χ4n) is 4.23. The second-order valence-electron chi connectivity index (χ2n) is 9.30. The minimum atomic E-state index is -0.350. The second-order valence-corrected chi connectivity index (χ2v) is 10.3. The molecule has 0 spiro atoms. The molecule has 0 aliphatic heterocycles. The first-order valence-corrected chi connectivity index (χ1v) is 13.3. The highest BCUT2D eigenvalue weighted by molar-refractivity contribution is 7.21. The van der Waals surface area contributed by atoms with Crippen molar-refractivity contribution in [1.29, 1.82) is 0 Å². The summed E-state index contributed by atoms with van der Waals surface area (Å²) in [5.74, 6) is 0.971. The maximum Gasteiger partial charge on any atom is 0.259 e. The predicted octanol–water partition coefficient (Wildman–Crippen LogP) is 5.41. The van der Waals surface area contributed by atoms with E-state index in [9.17, 15) is 4.79 Å². The van der Waals surface area contributed by atoms with E-state index in [0.717, 1.165) is 35.5 Å². The Hall–Kier alpha value is -4.51. The van der Waals surface area contributed by atoms with Crippen LogP contribution in [0.25, 0.3) is 33.0 Å². The van der Waals surface area contributed by atoms with Crippen molar-refractivity contribution in [2.24, 2.45) is 0 Å². The van der Waals surface area contributed by atoms with Crippen molar-refractivity contribution in [3.05, 3.63) is 66.0 Å². The maximum absolute atomic E-state index is 13.4. The Labute approximate surface area is 228 Å². The quantitative estimate of drug-likeness (QED) is 0.289. The van der Waals surface area contributed by atoms with E-state index < -0.39 is 0 Å². The first kappa shape index (κ1) is 24.8. The number of aryl methyl sites for hydroxylation is 2. The van der Waals surface area contributed by atoms with Gasteiger partial charge in [0.1, 0.15) is 17.2 Å². The van der Waals surface area contributed by atoms with Gasteiger partial charge in [-0.25, -0.2) is 9.97 Å². The van der Waals surface area contributed by atoms with Crippen molar-refractivity contribution in [3.8, 4) is 34.0 Å². The first-order valence-electron chi connectivity index (χ1n) is 12.5. The Morgan fingerprint density at radius 1 is 0.923 bits per heavy atom. The fraction of sp³-hybridized carbons (Fsp3) is 0.250. The molecular formula is C28H25N7O3S. The van der Waals surface area contributed by atoms with E-state index in [-0.39, 0.29) is 5.91 Å². The average molecular weight is 540 g/mol. The van der Waals surface area contributed by atoms with Gasteiger partial charge in [-0.1, -0.05) is 11.3 Å². The van der Waals surface area contributed by atoms with Crippen LogP contribution in [0, 0.1) is 13.8 Å². The molecular weight excluding hydrogens is 514 g/mol. The molecule has 1 aliphatic carbocycles. The van der Waals surface area contributed by atoms with Gasteiger partial charge in [0.15, 0.2) is 15.6 Å². The zero-order valence-corrected chi connectivity index (χ0v) is 22.5. The van der Waals surface area contributed by atoms with Crippen LogP contribution in [0.4, 0.5) is 5.13 Å². The number of fused-ring (bicyclic) bond motifs is 1. The molecule has 5 heterocycles. The second kappa shape index (κ2) is 10.3. The smallest absolute Gasteiger partial charge is 0.259 e. The van der Waals surface area contributed by atoms with E-state index in [4.69, 9.17) is 9.47 Å². The lowest BCUT2D eigenvalue weighted by Crippen LogP contribution is -2.24. The summed E-state index contributed by atoms with van der Waals surface area (Å²) in [4.78, 5) is 40.7. The maximum atomic E-state index is 13.4. The Kier molecular flexibility index (Phi) is 6.57. The van der Waals surface area contributed by atoms with Crippen LogP contribution in [-0.2, 0) is 0 Å². The van der Waals surface area contributed by atoms with Crippen molar-refractivity contribution >= 4 is 32.9 Å². The van der Waals surface area contributed by atoms with E-state index in [1.807, 2.05) is 38.1 Å². The highest BCUT2D eigenvalue weighted by atomic mass is 32.1. The average Bonchev–Trinajstić information content (AvgIpc) is 3.32. The number of amides is 1. The summed E-state index contributed by atoms with van der Waals surface area (Å²) in [6.45, 7) is 3.76. The van der Waals surface area contributed by atoms with Gasteiger partial charge in [0.25, 0.3) is 5.91 Å². The summed E-state index contributed by atoms with van der Waals surface area (Å²) in [5, 5.41) is 3.27. The van der Waals surface area contributed by atoms with Crippen LogP contribution in [0.3, 0.4) is 0 Å². The summed E-state index contributed by atoms with van der Waals surface area (Å²) >= 11 is 1.24. The molecule has 11 heteroatoms. The van der Waals surface area contributed by atoms with Crippen molar-refractivity contribution in [3.63, 3.8) is 0 Å². The summed E-state index contributed by atoms with van der Waals surface area (Å²) < 4.78 is 11.4. The monoisotopic (exact) mass is 539 g/mol. The third-order valence-electron chi connectivity index (χ3n) is 6.50. The molecule has 0 atom stereocenters. The first-order chi connectivity index (χ1) is 19.0. The molecule has 1 amide bonds. The van der Waals surface area contributed by atoms with Crippen LogP contribution in [-0.4, -0.2) is 49.0 Å². The summed E-state index contributed by atoms with van der Waals surface area (Å²) in [5.41, 5.74) is 5.16. The van der Waals surface area contributed by atoms with E-state index in [1.165, 1.54) is 17.8 Å². The molecule has 0 unspecified atom stereocenters. The number of pyridine rings is 3. The third kappa shape index (κ3) is 5.13. The number of rotatable bonds is 7. The molecule has 0 aromatic carbocycles. The van der Waals surface area contributed by atoms with Crippen LogP contribution < -0.4 is 14.8 Å². The van der Waals surface area contributed by atoms with Crippen LogP contribution in [0.15, 0.2) is 49.1 Å². The molecule has 1 fully saturated rings.